The fourth-order valence-electron chi connectivity index (χ4n) is 1.70. The summed E-state index contributed by atoms with van der Waals surface area (Å²) >= 11 is 0. The fraction of sp³-hybridized carbons (Fsp3) is 0.333. The maximum Gasteiger partial charge on any atom is 0.108 e. The first-order valence-corrected chi connectivity index (χ1v) is 6.31. The molecule has 0 heterocycles. The normalized spacial score (nSPS) is 18.9. The van der Waals surface area contributed by atoms with Crippen LogP contribution in [-0.4, -0.2) is 32.1 Å². The van der Waals surface area contributed by atoms with Gasteiger partial charge in [0, 0.05) is 6.54 Å². The number of ether oxygens (including phenoxy) is 1. The van der Waals surface area contributed by atoms with Gasteiger partial charge in [-0.1, -0.05) is 54.4 Å². The second-order valence-electron chi connectivity index (χ2n) is 4.63. The van der Waals surface area contributed by atoms with Crippen molar-refractivity contribution in [1.29, 1.82) is 0 Å². The summed E-state index contributed by atoms with van der Waals surface area (Å²) in [5.41, 5.74) is 0.119. The number of rotatable bonds is 6. The van der Waals surface area contributed by atoms with E-state index in [1.807, 2.05) is 19.0 Å². The van der Waals surface area contributed by atoms with Crippen molar-refractivity contribution < 1.29 is 17.1 Å². The van der Waals surface area contributed by atoms with Crippen molar-refractivity contribution in [3.05, 3.63) is 71.1 Å². The zero-order valence-electron chi connectivity index (χ0n) is 20.8. The van der Waals surface area contributed by atoms with Crippen LogP contribution in [0.5, 0.6) is 0 Å². The molecule has 106 valence electrons. The summed E-state index contributed by atoms with van der Waals surface area (Å²) in [5, 5.41) is 0. The van der Waals surface area contributed by atoms with E-state index in [0.29, 0.717) is 6.54 Å². The molecule has 0 aliphatic heterocycles. The Balaban J connectivity index is 2.82. The zero-order valence-corrected chi connectivity index (χ0v) is 11.8. The van der Waals surface area contributed by atoms with E-state index in [9.17, 15) is 0 Å². The number of likely N-dealkylation sites (N-methyl/N-ethyl adjacent to an activating group) is 1. The third-order valence-electron chi connectivity index (χ3n) is 2.78. The molecule has 0 aromatic heterocycles. The lowest BCUT2D eigenvalue weighted by atomic mass is 9.97. The van der Waals surface area contributed by atoms with Gasteiger partial charge in [0.15, 0.2) is 0 Å². The molecule has 0 amide bonds. The van der Waals surface area contributed by atoms with E-state index in [1.54, 1.807) is 0 Å². The van der Waals surface area contributed by atoms with Crippen LogP contribution in [-0.2, 0) is 4.74 Å². The highest BCUT2D eigenvalue weighted by Gasteiger charge is 2.16. The molecule has 2 aromatic carbocycles. The summed E-state index contributed by atoms with van der Waals surface area (Å²) in [5.74, 6) is 0. The van der Waals surface area contributed by atoms with Crippen LogP contribution < -0.4 is 0 Å². The molecule has 0 aliphatic carbocycles. The molecule has 0 aliphatic rings. The van der Waals surface area contributed by atoms with E-state index in [2.05, 4.69) is 0 Å². The Morgan fingerprint density at radius 1 is 1.05 bits per heavy atom. The SMILES string of the molecule is [2H]c1c([2H])c([2H])c(C(OCCN(C)C)c2c([2H])c([2H])c([2H])c([2H])c2C)c([2H])c1[2H]. The molecule has 0 N–H and O–H groups in total. The first-order chi connectivity index (χ1) is 13.4. The highest BCUT2D eigenvalue weighted by molar-refractivity contribution is 5.35. The first-order valence-electron chi connectivity index (χ1n) is 10.8. The van der Waals surface area contributed by atoms with E-state index < -0.39 is 48.4 Å². The molecule has 0 spiro atoms. The van der Waals surface area contributed by atoms with E-state index in [0.717, 1.165) is 0 Å². The third-order valence-corrected chi connectivity index (χ3v) is 2.78. The van der Waals surface area contributed by atoms with Crippen molar-refractivity contribution in [3.63, 3.8) is 0 Å². The smallest absolute Gasteiger partial charge is 0.108 e. The molecule has 0 fully saturated rings. The van der Waals surface area contributed by atoms with Crippen LogP contribution in [0.15, 0.2) is 54.4 Å². The van der Waals surface area contributed by atoms with Gasteiger partial charge in [0.1, 0.15) is 6.10 Å². The number of hydrogen-bond donors (Lipinski definition) is 0. The largest absolute Gasteiger partial charge is 0.367 e. The van der Waals surface area contributed by atoms with Gasteiger partial charge in [-0.2, -0.15) is 0 Å². The standard InChI is InChI=1S/C18H23NO/c1-15-9-7-8-12-17(15)18(20-14-13-19(2)3)16-10-5-4-6-11-16/h4-12,18H,13-14H2,1-3H3/i4D,5D,6D,7D,8D,9D,10D,11D,12D. The lowest BCUT2D eigenvalue weighted by molar-refractivity contribution is 0.0683. The topological polar surface area (TPSA) is 12.5 Å². The van der Waals surface area contributed by atoms with Crippen molar-refractivity contribution in [2.75, 3.05) is 27.2 Å². The Morgan fingerprint density at radius 2 is 1.70 bits per heavy atom. The Morgan fingerprint density at radius 3 is 2.40 bits per heavy atom. The molecular formula is C18H23NO. The monoisotopic (exact) mass is 278 g/mol. The van der Waals surface area contributed by atoms with Gasteiger partial charge in [-0.05, 0) is 37.7 Å². The van der Waals surface area contributed by atoms with Gasteiger partial charge in [-0.15, -0.1) is 0 Å². The minimum atomic E-state index is -1.25. The average molecular weight is 278 g/mol. The van der Waals surface area contributed by atoms with Crippen LogP contribution in [0.2, 0.25) is 0 Å². The molecule has 0 saturated carbocycles. The minimum Gasteiger partial charge on any atom is -0.367 e. The predicted octanol–water partition coefficient (Wildman–Crippen LogP) is 3.66. The second kappa shape index (κ2) is 7.22. The number of nitrogens with zero attached hydrogens (tertiary/aromatic N) is 1. The third kappa shape index (κ3) is 3.92. The Kier molecular flexibility index (Phi) is 2.49. The van der Waals surface area contributed by atoms with Crippen molar-refractivity contribution in [2.45, 2.75) is 13.0 Å². The Bertz CT molecular complexity index is 818. The van der Waals surface area contributed by atoms with Gasteiger partial charge in [-0.3, -0.25) is 0 Å². The quantitative estimate of drug-likeness (QED) is 0.799. The summed E-state index contributed by atoms with van der Waals surface area (Å²) in [7, 11) is 3.64. The summed E-state index contributed by atoms with van der Waals surface area (Å²) in [6.45, 7) is 2.10. The summed E-state index contributed by atoms with van der Waals surface area (Å²) in [6.07, 6.45) is -1.25. The lowest BCUT2D eigenvalue weighted by Crippen LogP contribution is -2.20. The number of benzene rings is 2. The summed E-state index contributed by atoms with van der Waals surface area (Å²) in [6, 6.07) is -3.99. The van der Waals surface area contributed by atoms with Gasteiger partial charge < -0.3 is 9.64 Å². The predicted molar refractivity (Wildman–Crippen MR) is 84.0 cm³/mol. The maximum atomic E-state index is 8.33. The number of hydrogen-bond acceptors (Lipinski definition) is 2. The molecule has 20 heavy (non-hydrogen) atoms. The second-order valence-corrected chi connectivity index (χ2v) is 4.63. The van der Waals surface area contributed by atoms with Gasteiger partial charge >= 0.3 is 0 Å². The van der Waals surface area contributed by atoms with Gasteiger partial charge in [0.2, 0.25) is 0 Å². The molecule has 2 aromatic rings. The van der Waals surface area contributed by atoms with Crippen molar-refractivity contribution in [3.8, 4) is 0 Å². The van der Waals surface area contributed by atoms with Crippen molar-refractivity contribution in [1.82, 2.24) is 4.90 Å². The molecule has 2 rings (SSSR count). The highest BCUT2D eigenvalue weighted by atomic mass is 16.5. The van der Waals surface area contributed by atoms with Crippen LogP contribution >= 0.6 is 0 Å². The molecule has 2 nitrogen and oxygen atoms in total. The molecule has 1 atom stereocenters. The molecule has 2 heteroatoms. The van der Waals surface area contributed by atoms with Crippen LogP contribution in [0.1, 0.15) is 35.1 Å². The van der Waals surface area contributed by atoms with E-state index in [4.69, 9.17) is 17.1 Å². The Labute approximate surface area is 134 Å². The van der Waals surface area contributed by atoms with Crippen LogP contribution in [0.25, 0.3) is 0 Å². The molecule has 0 bridgehead atoms. The Hall–Kier alpha value is -1.64. The summed E-state index contributed by atoms with van der Waals surface area (Å²) < 4.78 is 78.4. The minimum absolute atomic E-state index is 0.0632. The highest BCUT2D eigenvalue weighted by Crippen LogP contribution is 2.28. The molecular weight excluding hydrogens is 246 g/mol. The van der Waals surface area contributed by atoms with Gasteiger partial charge in [-0.25, -0.2) is 0 Å². The molecule has 1 unspecified atom stereocenters. The molecule has 0 radical (unpaired) electrons. The van der Waals surface area contributed by atoms with Crippen LogP contribution in [0, 0.1) is 6.92 Å². The summed E-state index contributed by atoms with van der Waals surface area (Å²) in [4.78, 5) is 1.84. The molecule has 0 saturated heterocycles. The average Bonchev–Trinajstić information content (AvgIpc) is 2.67. The van der Waals surface area contributed by atoms with Crippen LogP contribution in [0.3, 0.4) is 0 Å². The van der Waals surface area contributed by atoms with E-state index in [1.165, 1.54) is 6.92 Å². The van der Waals surface area contributed by atoms with Gasteiger partial charge in [0.05, 0.1) is 18.9 Å². The van der Waals surface area contributed by atoms with E-state index in [-0.39, 0.29) is 35.4 Å². The zero-order chi connectivity index (χ0) is 22.2. The van der Waals surface area contributed by atoms with Crippen molar-refractivity contribution in [2.24, 2.45) is 0 Å². The van der Waals surface area contributed by atoms with Crippen molar-refractivity contribution >= 4 is 0 Å². The van der Waals surface area contributed by atoms with Gasteiger partial charge in [0.25, 0.3) is 0 Å². The first kappa shape index (κ1) is 6.88. The maximum absolute atomic E-state index is 8.33. The fourth-order valence-corrected chi connectivity index (χ4v) is 1.70. The van der Waals surface area contributed by atoms with Crippen LogP contribution in [0.4, 0.5) is 0 Å². The lowest BCUT2D eigenvalue weighted by Gasteiger charge is -2.22. The van der Waals surface area contributed by atoms with E-state index >= 15 is 0 Å².